The van der Waals surface area contributed by atoms with Gasteiger partial charge in [0.15, 0.2) is 6.23 Å². The lowest BCUT2D eigenvalue weighted by molar-refractivity contribution is -0.276. The highest BCUT2D eigenvalue weighted by Crippen LogP contribution is 2.30. The van der Waals surface area contributed by atoms with Gasteiger partial charge < -0.3 is 28.4 Å². The van der Waals surface area contributed by atoms with Crippen molar-refractivity contribution >= 4 is 14.2 Å². The lowest BCUT2D eigenvalue weighted by Crippen LogP contribution is -2.65. The highest BCUT2D eigenvalue weighted by atomic mass is 28.3. The van der Waals surface area contributed by atoms with Gasteiger partial charge in [0.05, 0.1) is 39.6 Å². The van der Waals surface area contributed by atoms with Gasteiger partial charge in [0.2, 0.25) is 0 Å². The molecular formula is C40H49NO7Si. The van der Waals surface area contributed by atoms with Crippen molar-refractivity contribution in [1.29, 1.82) is 0 Å². The molecule has 1 N–H and O–H groups in total. The van der Waals surface area contributed by atoms with Crippen molar-refractivity contribution in [1.82, 2.24) is 5.32 Å². The van der Waals surface area contributed by atoms with E-state index >= 15 is 0 Å². The number of hydrogen-bond donors (Lipinski definition) is 1. The standard InChI is InChI=1S/C40H49NO7Si/c1-49(2,3)25-24-44-40(42)41-39-38(47-29-34-22-14-7-15-23-34)37(46-28-33-20-12-6-13-21-33)36(45-27-32-18-10-5-11-19-32)35(48-39)30-43-26-31-16-8-4-9-17-31/h4-23,35-39H,24-30H2,1-3H3,(H,41,42)/t35-,36-,37+,38-,39+/m1/s1. The zero-order valence-electron chi connectivity index (χ0n) is 28.7. The smallest absolute Gasteiger partial charge is 0.409 e. The third-order valence-corrected chi connectivity index (χ3v) is 9.93. The molecule has 260 valence electrons. The summed E-state index contributed by atoms with van der Waals surface area (Å²) in [5, 5.41) is 2.97. The lowest BCUT2D eigenvalue weighted by atomic mass is 9.97. The molecule has 1 amide bonds. The van der Waals surface area contributed by atoms with Crippen LogP contribution < -0.4 is 5.32 Å². The molecule has 4 aromatic rings. The topological polar surface area (TPSA) is 84.5 Å². The van der Waals surface area contributed by atoms with Crippen molar-refractivity contribution in [2.75, 3.05) is 13.2 Å². The molecule has 0 aromatic heterocycles. The highest BCUT2D eigenvalue weighted by molar-refractivity contribution is 6.76. The Hall–Kier alpha value is -3.83. The van der Waals surface area contributed by atoms with Gasteiger partial charge in [0.1, 0.15) is 24.4 Å². The van der Waals surface area contributed by atoms with Crippen molar-refractivity contribution in [3.05, 3.63) is 144 Å². The molecule has 5 atom stereocenters. The second kappa shape index (κ2) is 18.8. The van der Waals surface area contributed by atoms with Crippen molar-refractivity contribution in [2.45, 2.75) is 82.8 Å². The molecule has 0 saturated carbocycles. The monoisotopic (exact) mass is 683 g/mol. The van der Waals surface area contributed by atoms with Gasteiger partial charge in [-0.25, -0.2) is 4.79 Å². The van der Waals surface area contributed by atoms with Crippen molar-refractivity contribution in [2.24, 2.45) is 0 Å². The van der Waals surface area contributed by atoms with E-state index in [9.17, 15) is 4.79 Å². The molecule has 1 saturated heterocycles. The minimum absolute atomic E-state index is 0.202. The van der Waals surface area contributed by atoms with Crippen molar-refractivity contribution in [3.8, 4) is 0 Å². The quantitative estimate of drug-likeness (QED) is 0.114. The molecule has 49 heavy (non-hydrogen) atoms. The van der Waals surface area contributed by atoms with Crippen LogP contribution in [0.5, 0.6) is 0 Å². The highest BCUT2D eigenvalue weighted by Gasteiger charge is 2.49. The summed E-state index contributed by atoms with van der Waals surface area (Å²) < 4.78 is 38.6. The normalized spacial score (nSPS) is 20.8. The Balaban J connectivity index is 1.43. The molecule has 8 nitrogen and oxygen atoms in total. The molecule has 5 rings (SSSR count). The molecular weight excluding hydrogens is 635 g/mol. The number of benzene rings is 4. The number of ether oxygens (including phenoxy) is 6. The van der Waals surface area contributed by atoms with Gasteiger partial charge in [0.25, 0.3) is 0 Å². The van der Waals surface area contributed by atoms with Crippen LogP contribution >= 0.6 is 0 Å². The number of amides is 1. The van der Waals surface area contributed by atoms with Gasteiger partial charge in [-0.3, -0.25) is 5.32 Å². The van der Waals surface area contributed by atoms with Crippen LogP contribution in [-0.2, 0) is 54.8 Å². The molecule has 0 spiro atoms. The van der Waals surface area contributed by atoms with Gasteiger partial charge in [0, 0.05) is 8.07 Å². The first-order valence-corrected chi connectivity index (χ1v) is 20.7. The van der Waals surface area contributed by atoms with E-state index in [4.69, 9.17) is 28.4 Å². The summed E-state index contributed by atoms with van der Waals surface area (Å²) in [6.45, 7) is 8.60. The van der Waals surface area contributed by atoms with Crippen LogP contribution in [0.4, 0.5) is 4.79 Å². The summed E-state index contributed by atoms with van der Waals surface area (Å²) in [5.74, 6) is 0. The van der Waals surface area contributed by atoms with E-state index in [2.05, 4.69) is 25.0 Å². The van der Waals surface area contributed by atoms with Crippen LogP contribution in [0.15, 0.2) is 121 Å². The maximum atomic E-state index is 13.2. The summed E-state index contributed by atoms with van der Waals surface area (Å²) in [4.78, 5) is 13.2. The van der Waals surface area contributed by atoms with Gasteiger partial charge >= 0.3 is 6.09 Å². The Kier molecular flexibility index (Phi) is 14.0. The number of rotatable bonds is 17. The Morgan fingerprint density at radius 3 is 1.51 bits per heavy atom. The third kappa shape index (κ3) is 12.2. The summed E-state index contributed by atoms with van der Waals surface area (Å²) in [5.41, 5.74) is 4.04. The first kappa shape index (κ1) is 36.4. The average Bonchev–Trinajstić information content (AvgIpc) is 3.11. The minimum atomic E-state index is -1.41. The number of hydrogen-bond acceptors (Lipinski definition) is 7. The van der Waals surface area contributed by atoms with Crippen LogP contribution in [-0.4, -0.2) is 58.0 Å². The average molecular weight is 684 g/mol. The Morgan fingerprint density at radius 1 is 0.612 bits per heavy atom. The molecule has 0 unspecified atom stereocenters. The Labute approximate surface area is 291 Å². The second-order valence-electron chi connectivity index (χ2n) is 13.5. The summed E-state index contributed by atoms with van der Waals surface area (Å²) in [7, 11) is -1.41. The predicted octanol–water partition coefficient (Wildman–Crippen LogP) is 7.75. The fourth-order valence-electron chi connectivity index (χ4n) is 5.51. The zero-order chi connectivity index (χ0) is 34.3. The molecule has 1 fully saturated rings. The SMILES string of the molecule is C[Si](C)(C)CCOC(=O)N[C@H]1O[C@H](COCc2ccccc2)[C@@H](OCc2ccccc2)[C@H](OCc2ccccc2)[C@H]1OCc1ccccc1. The molecule has 4 aromatic carbocycles. The lowest BCUT2D eigenvalue weighted by Gasteiger charge is -2.46. The molecule has 0 aliphatic carbocycles. The maximum Gasteiger partial charge on any atom is 0.409 e. The number of nitrogens with one attached hydrogen (secondary N) is 1. The maximum absolute atomic E-state index is 13.2. The number of carbonyl (C=O) groups excluding carboxylic acids is 1. The van der Waals surface area contributed by atoms with Gasteiger partial charge in [-0.2, -0.15) is 0 Å². The van der Waals surface area contributed by atoms with Crippen LogP contribution in [0.25, 0.3) is 0 Å². The van der Waals surface area contributed by atoms with Gasteiger partial charge in [-0.1, -0.05) is 141 Å². The van der Waals surface area contributed by atoms with E-state index in [1.807, 2.05) is 121 Å². The number of carbonyl (C=O) groups is 1. The van der Waals surface area contributed by atoms with Crippen molar-refractivity contribution < 1.29 is 33.2 Å². The third-order valence-electron chi connectivity index (χ3n) is 8.23. The fourth-order valence-corrected chi connectivity index (χ4v) is 6.23. The van der Waals surface area contributed by atoms with Crippen LogP contribution in [0.3, 0.4) is 0 Å². The Bertz CT molecular complexity index is 1510. The van der Waals surface area contributed by atoms with Crippen LogP contribution in [0.1, 0.15) is 22.3 Å². The largest absolute Gasteiger partial charge is 0.450 e. The van der Waals surface area contributed by atoms with Crippen LogP contribution in [0.2, 0.25) is 25.7 Å². The molecule has 0 bridgehead atoms. The Morgan fingerprint density at radius 2 is 1.04 bits per heavy atom. The molecule has 1 heterocycles. The van der Waals surface area contributed by atoms with E-state index in [1.165, 1.54) is 0 Å². The van der Waals surface area contributed by atoms with E-state index in [0.29, 0.717) is 26.4 Å². The predicted molar refractivity (Wildman–Crippen MR) is 192 cm³/mol. The minimum Gasteiger partial charge on any atom is -0.450 e. The van der Waals surface area contributed by atoms with Gasteiger partial charge in [-0.05, 0) is 28.3 Å². The second-order valence-corrected chi connectivity index (χ2v) is 19.1. The van der Waals surface area contributed by atoms with E-state index in [1.54, 1.807) is 0 Å². The summed E-state index contributed by atoms with van der Waals surface area (Å²) >= 11 is 0. The summed E-state index contributed by atoms with van der Waals surface area (Å²) in [6.07, 6.45) is -4.03. The molecule has 9 heteroatoms. The zero-order valence-corrected chi connectivity index (χ0v) is 29.7. The fraction of sp³-hybridized carbons (Fsp3) is 0.375. The first-order valence-electron chi connectivity index (χ1n) is 17.0. The summed E-state index contributed by atoms with van der Waals surface area (Å²) in [6, 6.07) is 40.7. The van der Waals surface area contributed by atoms with Gasteiger partial charge in [-0.15, -0.1) is 0 Å². The number of alkyl carbamates (subject to hydrolysis) is 1. The first-order chi connectivity index (χ1) is 23.8. The van der Waals surface area contributed by atoms with Crippen LogP contribution in [0, 0.1) is 0 Å². The molecule has 0 radical (unpaired) electrons. The van der Waals surface area contributed by atoms with E-state index in [-0.39, 0.29) is 13.2 Å². The molecule has 1 aliphatic heterocycles. The van der Waals surface area contributed by atoms with Crippen molar-refractivity contribution in [3.63, 3.8) is 0 Å². The molecule has 1 aliphatic rings. The van der Waals surface area contributed by atoms with E-state index in [0.717, 1.165) is 28.3 Å². The van der Waals surface area contributed by atoms with E-state index < -0.39 is 44.8 Å².